The maximum absolute atomic E-state index is 5.46. The van der Waals surface area contributed by atoms with Crippen molar-refractivity contribution in [1.29, 1.82) is 0 Å². The summed E-state index contributed by atoms with van der Waals surface area (Å²) in [6, 6.07) is 32.0. The zero-order valence-electron chi connectivity index (χ0n) is 28.6. The number of thiazole rings is 1. The summed E-state index contributed by atoms with van der Waals surface area (Å²) in [5, 5.41) is 21.6. The van der Waals surface area contributed by atoms with E-state index in [4.69, 9.17) is 10.3 Å². The van der Waals surface area contributed by atoms with Crippen molar-refractivity contribution in [1.82, 2.24) is 4.98 Å². The minimum atomic E-state index is -0.151. The second kappa shape index (κ2) is 22.0. The van der Waals surface area contributed by atoms with Gasteiger partial charge in [0.15, 0.2) is 0 Å². The van der Waals surface area contributed by atoms with Crippen molar-refractivity contribution < 1.29 is 25.8 Å². The van der Waals surface area contributed by atoms with Gasteiger partial charge in [-0.15, -0.1) is 17.0 Å². The molecule has 0 bridgehead atoms. The molecular formula is C38H49HfN5S. The van der Waals surface area contributed by atoms with Crippen LogP contribution in [0.3, 0.4) is 0 Å². The Hall–Kier alpha value is -2.68. The second-order valence-electron chi connectivity index (χ2n) is 11.0. The molecule has 1 heterocycles. The minimum absolute atomic E-state index is 0. The summed E-state index contributed by atoms with van der Waals surface area (Å²) in [5.41, 5.74) is 7.06. The first-order valence-electron chi connectivity index (χ1n) is 15.0. The summed E-state index contributed by atoms with van der Waals surface area (Å²) in [7, 11) is 10.5. The largest absolute Gasteiger partial charge is 4.00 e. The first kappa shape index (κ1) is 40.3. The molecule has 236 valence electrons. The van der Waals surface area contributed by atoms with E-state index < -0.39 is 0 Å². The van der Waals surface area contributed by atoms with E-state index in [1.54, 1.807) is 53.6 Å². The zero-order chi connectivity index (χ0) is 32.5. The van der Waals surface area contributed by atoms with Gasteiger partial charge in [0.05, 0.1) is 10.7 Å². The number of fused-ring (bicyclic) bond motifs is 1. The summed E-state index contributed by atoms with van der Waals surface area (Å²) >= 11 is 1.70. The van der Waals surface area contributed by atoms with Crippen LogP contribution >= 0.6 is 11.3 Å². The van der Waals surface area contributed by atoms with Crippen LogP contribution in [0.1, 0.15) is 67.3 Å². The molecule has 5 nitrogen and oxygen atoms in total. The zero-order valence-corrected chi connectivity index (χ0v) is 33.0. The molecule has 1 unspecified atom stereocenters. The molecule has 45 heavy (non-hydrogen) atoms. The number of hydrogen-bond donors (Lipinski definition) is 0. The molecule has 7 heteroatoms. The van der Waals surface area contributed by atoms with E-state index in [0.717, 1.165) is 16.4 Å². The second-order valence-corrected chi connectivity index (χ2v) is 11.9. The predicted octanol–water partition coefficient (Wildman–Crippen LogP) is 11.9. The fraction of sp³-hybridized carbons (Fsp3) is 0.342. The topological polar surface area (TPSA) is 69.3 Å². The van der Waals surface area contributed by atoms with Gasteiger partial charge < -0.3 is 21.3 Å². The molecule has 5 aromatic rings. The van der Waals surface area contributed by atoms with Crippen LogP contribution in [0, 0.1) is 0 Å². The minimum Gasteiger partial charge on any atom is -0.672 e. The van der Waals surface area contributed by atoms with Crippen LogP contribution in [0.2, 0.25) is 0 Å². The molecule has 0 saturated heterocycles. The molecule has 0 aliphatic carbocycles. The predicted molar refractivity (Wildman–Crippen MR) is 197 cm³/mol. The van der Waals surface area contributed by atoms with Crippen LogP contribution in [-0.2, 0) is 25.8 Å². The van der Waals surface area contributed by atoms with Gasteiger partial charge in [-0.1, -0.05) is 135 Å². The molecule has 0 saturated carbocycles. The Morgan fingerprint density at radius 3 is 1.64 bits per heavy atom. The van der Waals surface area contributed by atoms with Crippen LogP contribution in [-0.4, -0.2) is 47.3 Å². The monoisotopic (exact) mass is 787 g/mol. The molecule has 0 aliphatic rings. The molecule has 5 rings (SSSR count). The summed E-state index contributed by atoms with van der Waals surface area (Å²) in [4.78, 5) is 5.18. The molecule has 4 aromatic carbocycles. The number of aromatic nitrogens is 1. The maximum Gasteiger partial charge on any atom is 4.00 e. The van der Waals surface area contributed by atoms with Crippen LogP contribution < -0.4 is 0 Å². The van der Waals surface area contributed by atoms with E-state index in [-0.39, 0.29) is 31.9 Å². The molecule has 1 atom stereocenters. The molecule has 0 aliphatic heterocycles. The van der Waals surface area contributed by atoms with Gasteiger partial charge in [-0.3, -0.25) is 0 Å². The van der Waals surface area contributed by atoms with Gasteiger partial charge in [-0.2, -0.15) is 42.3 Å². The molecule has 0 spiro atoms. The molecule has 0 fully saturated rings. The van der Waals surface area contributed by atoms with Crippen molar-refractivity contribution in [2.24, 2.45) is 0 Å². The normalized spacial score (nSPS) is 10.8. The van der Waals surface area contributed by atoms with Crippen molar-refractivity contribution >= 4 is 27.8 Å². The van der Waals surface area contributed by atoms with E-state index >= 15 is 0 Å². The molecule has 1 aromatic heterocycles. The maximum atomic E-state index is 5.46. The standard InChI is InChI=1S/C32H31N2S.3C2H6N.Hf/c1-21(2)25-17-11-18-26(22(3)4)31(25)34-30(24-13-6-5-7-14-24)32-33-29(20-35-32)28-19-10-15-23-12-8-9-16-27(23)28;3*1-3-2;/h5-22,30H,1-4H3;3*1-2H3;/q4*-1;+4. The smallest absolute Gasteiger partial charge is 0.672 e. The number of benzene rings is 4. The average molecular weight is 786 g/mol. The van der Waals surface area contributed by atoms with Crippen molar-refractivity contribution in [3.05, 3.63) is 139 Å². The molecule has 0 N–H and O–H groups in total. The van der Waals surface area contributed by atoms with Crippen LogP contribution in [0.4, 0.5) is 5.69 Å². The Morgan fingerprint density at radius 1 is 0.600 bits per heavy atom. The van der Waals surface area contributed by atoms with Gasteiger partial charge in [0, 0.05) is 10.9 Å². The van der Waals surface area contributed by atoms with Crippen LogP contribution in [0.5, 0.6) is 0 Å². The Kier molecular flexibility index (Phi) is 19.7. The van der Waals surface area contributed by atoms with Gasteiger partial charge in [0.1, 0.15) is 0 Å². The van der Waals surface area contributed by atoms with E-state index in [1.807, 2.05) is 0 Å². The van der Waals surface area contributed by atoms with E-state index in [9.17, 15) is 0 Å². The van der Waals surface area contributed by atoms with Crippen molar-refractivity contribution in [3.63, 3.8) is 0 Å². The van der Waals surface area contributed by atoms with Gasteiger partial charge in [-0.25, -0.2) is 4.98 Å². The van der Waals surface area contributed by atoms with Gasteiger partial charge in [0.25, 0.3) is 0 Å². The van der Waals surface area contributed by atoms with Crippen LogP contribution in [0.25, 0.3) is 43.3 Å². The number of rotatable bonds is 7. The number of hydrogen-bond acceptors (Lipinski definition) is 2. The van der Waals surface area contributed by atoms with Crippen molar-refractivity contribution in [3.8, 4) is 11.3 Å². The summed E-state index contributed by atoms with van der Waals surface area (Å²) in [5.74, 6) is 0.790. The Labute approximate surface area is 295 Å². The number of nitrogens with zero attached hydrogens (tertiary/aromatic N) is 5. The fourth-order valence-electron chi connectivity index (χ4n) is 4.68. The van der Waals surface area contributed by atoms with Gasteiger partial charge in [-0.05, 0) is 28.7 Å². The summed E-state index contributed by atoms with van der Waals surface area (Å²) in [6.07, 6.45) is 0. The van der Waals surface area contributed by atoms with Crippen molar-refractivity contribution in [2.75, 3.05) is 42.3 Å². The van der Waals surface area contributed by atoms with E-state index in [1.165, 1.54) is 33.0 Å². The van der Waals surface area contributed by atoms with Crippen LogP contribution in [0.15, 0.2) is 96.4 Å². The van der Waals surface area contributed by atoms with Gasteiger partial charge in [0.2, 0.25) is 0 Å². The third-order valence-electron chi connectivity index (χ3n) is 6.54. The van der Waals surface area contributed by atoms with E-state index in [2.05, 4.69) is 140 Å². The summed E-state index contributed by atoms with van der Waals surface area (Å²) < 4.78 is 0. The average Bonchev–Trinajstić information content (AvgIpc) is 3.51. The first-order chi connectivity index (χ1) is 21.3. The van der Waals surface area contributed by atoms with Crippen molar-refractivity contribution in [2.45, 2.75) is 45.6 Å². The first-order valence-corrected chi connectivity index (χ1v) is 15.9. The Balaban J connectivity index is 0.000000910. The third kappa shape index (κ3) is 11.9. The Morgan fingerprint density at radius 2 is 1.09 bits per heavy atom. The third-order valence-corrected chi connectivity index (χ3v) is 7.43. The fourth-order valence-corrected chi connectivity index (χ4v) is 5.56. The molecular weight excluding hydrogens is 737 g/mol. The SMILES string of the molecule is CC(C)c1cccc(C(C)C)c1[N-]C(c1ccccc1)c1nc(-c2cccc3ccccc23)cs1.C[N-]C.C[N-]C.C[N-]C.[Hf+4]. The summed E-state index contributed by atoms with van der Waals surface area (Å²) in [6.45, 7) is 8.99. The van der Waals surface area contributed by atoms with Gasteiger partial charge >= 0.3 is 25.8 Å². The molecule has 0 radical (unpaired) electrons. The number of para-hydroxylation sites is 1. The van der Waals surface area contributed by atoms with E-state index in [0.29, 0.717) is 11.8 Å². The quantitative estimate of drug-likeness (QED) is 0.152. The molecule has 0 amide bonds. The Bertz CT molecular complexity index is 1460.